The van der Waals surface area contributed by atoms with Crippen LogP contribution in [0.4, 0.5) is 5.82 Å². The van der Waals surface area contributed by atoms with E-state index in [1.54, 1.807) is 6.20 Å². The number of carbonyl (C=O) groups excluding carboxylic acids is 1. The maximum absolute atomic E-state index is 13.0. The van der Waals surface area contributed by atoms with Gasteiger partial charge in [0, 0.05) is 70.1 Å². The topological polar surface area (TPSA) is 51.7 Å². The molecule has 1 unspecified atom stereocenters. The average molecular weight is 382 g/mol. The van der Waals surface area contributed by atoms with Crippen molar-refractivity contribution in [2.24, 2.45) is 0 Å². The highest BCUT2D eigenvalue weighted by Gasteiger charge is 2.32. The van der Waals surface area contributed by atoms with Crippen LogP contribution < -0.4 is 10.2 Å². The Balaban J connectivity index is 1.73. The van der Waals surface area contributed by atoms with Gasteiger partial charge in [-0.15, -0.1) is 0 Å². The molecule has 1 atom stereocenters. The second-order valence-electron chi connectivity index (χ2n) is 6.40. The number of hydrogen-bond donors (Lipinski definition) is 1. The van der Waals surface area contributed by atoms with Gasteiger partial charge in [-0.3, -0.25) is 9.69 Å². The SMILES string of the molecule is CN(C)c1ncc(Br)cc1C(=O)N1CCC(N2CCNCC2)C1. The number of nitrogens with zero attached hydrogens (tertiary/aromatic N) is 4. The van der Waals surface area contributed by atoms with Crippen molar-refractivity contribution in [3.8, 4) is 0 Å². The van der Waals surface area contributed by atoms with E-state index in [-0.39, 0.29) is 5.91 Å². The van der Waals surface area contributed by atoms with E-state index in [0.29, 0.717) is 11.6 Å². The normalized spacial score (nSPS) is 22.4. The molecule has 2 fully saturated rings. The monoisotopic (exact) mass is 381 g/mol. The fourth-order valence-corrected chi connectivity index (χ4v) is 3.72. The smallest absolute Gasteiger partial charge is 0.257 e. The molecule has 7 heteroatoms. The first-order chi connectivity index (χ1) is 11.1. The van der Waals surface area contributed by atoms with Gasteiger partial charge in [0.25, 0.3) is 5.91 Å². The Bertz CT molecular complexity index is 574. The number of anilines is 1. The van der Waals surface area contributed by atoms with Gasteiger partial charge in [-0.25, -0.2) is 4.98 Å². The summed E-state index contributed by atoms with van der Waals surface area (Å²) in [6.07, 6.45) is 2.80. The van der Waals surface area contributed by atoms with E-state index in [4.69, 9.17) is 0 Å². The van der Waals surface area contributed by atoms with Crippen molar-refractivity contribution in [1.29, 1.82) is 0 Å². The average Bonchev–Trinajstić information content (AvgIpc) is 3.04. The number of aromatic nitrogens is 1. The molecule has 0 radical (unpaired) electrons. The van der Waals surface area contributed by atoms with Gasteiger partial charge >= 0.3 is 0 Å². The molecule has 2 saturated heterocycles. The summed E-state index contributed by atoms with van der Waals surface area (Å²) < 4.78 is 0.837. The van der Waals surface area contributed by atoms with Crippen LogP contribution in [-0.4, -0.2) is 80.1 Å². The molecule has 1 aromatic heterocycles. The first-order valence-electron chi connectivity index (χ1n) is 8.13. The third kappa shape index (κ3) is 3.67. The standard InChI is InChI=1S/C16H24BrN5O/c1-20(2)15-14(9-12(17)10-19-15)16(23)22-6-3-13(11-22)21-7-4-18-5-8-21/h9-10,13,18H,3-8,11H2,1-2H3. The fourth-order valence-electron chi connectivity index (χ4n) is 3.39. The molecule has 3 heterocycles. The number of halogens is 1. The highest BCUT2D eigenvalue weighted by molar-refractivity contribution is 9.10. The predicted octanol–water partition coefficient (Wildman–Crippen LogP) is 1.03. The van der Waals surface area contributed by atoms with Crippen molar-refractivity contribution in [3.05, 3.63) is 22.3 Å². The van der Waals surface area contributed by atoms with Gasteiger partial charge in [-0.1, -0.05) is 0 Å². The lowest BCUT2D eigenvalue weighted by Crippen LogP contribution is -2.49. The summed E-state index contributed by atoms with van der Waals surface area (Å²) in [5, 5.41) is 3.38. The molecule has 126 valence electrons. The Kier molecular flexibility index (Phi) is 5.18. The first kappa shape index (κ1) is 16.7. The van der Waals surface area contributed by atoms with Crippen molar-refractivity contribution in [1.82, 2.24) is 20.1 Å². The molecule has 0 spiro atoms. The molecule has 2 aliphatic rings. The zero-order valence-corrected chi connectivity index (χ0v) is 15.3. The quantitative estimate of drug-likeness (QED) is 0.847. The van der Waals surface area contributed by atoms with Gasteiger partial charge < -0.3 is 15.1 Å². The van der Waals surface area contributed by atoms with Gasteiger partial charge in [0.15, 0.2) is 0 Å². The van der Waals surface area contributed by atoms with E-state index in [1.165, 1.54) is 0 Å². The van der Waals surface area contributed by atoms with Gasteiger partial charge in [0.1, 0.15) is 5.82 Å². The first-order valence-corrected chi connectivity index (χ1v) is 8.92. The maximum atomic E-state index is 13.0. The molecule has 23 heavy (non-hydrogen) atoms. The zero-order chi connectivity index (χ0) is 16.4. The summed E-state index contributed by atoms with van der Waals surface area (Å²) in [5.41, 5.74) is 0.672. The lowest BCUT2D eigenvalue weighted by atomic mass is 10.2. The van der Waals surface area contributed by atoms with Crippen molar-refractivity contribution >= 4 is 27.7 Å². The minimum Gasteiger partial charge on any atom is -0.362 e. The number of rotatable bonds is 3. The molecular formula is C16H24BrN5O. The summed E-state index contributed by atoms with van der Waals surface area (Å²) in [4.78, 5) is 23.7. The van der Waals surface area contributed by atoms with Crippen LogP contribution >= 0.6 is 15.9 Å². The summed E-state index contributed by atoms with van der Waals surface area (Å²) in [6.45, 7) is 5.89. The molecule has 0 saturated carbocycles. The van der Waals surface area contributed by atoms with Crippen LogP contribution in [0.3, 0.4) is 0 Å². The van der Waals surface area contributed by atoms with Gasteiger partial charge in [0.2, 0.25) is 0 Å². The van der Waals surface area contributed by atoms with Gasteiger partial charge in [-0.2, -0.15) is 0 Å². The number of likely N-dealkylation sites (tertiary alicyclic amines) is 1. The van der Waals surface area contributed by atoms with Crippen LogP contribution in [0.15, 0.2) is 16.7 Å². The van der Waals surface area contributed by atoms with Crippen molar-refractivity contribution in [2.75, 3.05) is 58.3 Å². The van der Waals surface area contributed by atoms with Crippen LogP contribution in [0.2, 0.25) is 0 Å². The Morgan fingerprint density at radius 1 is 1.35 bits per heavy atom. The lowest BCUT2D eigenvalue weighted by Gasteiger charge is -2.32. The molecule has 2 aliphatic heterocycles. The molecule has 1 amide bonds. The Morgan fingerprint density at radius 2 is 2.09 bits per heavy atom. The van der Waals surface area contributed by atoms with Crippen LogP contribution in [0.25, 0.3) is 0 Å². The largest absolute Gasteiger partial charge is 0.362 e. The Morgan fingerprint density at radius 3 is 2.78 bits per heavy atom. The van der Waals surface area contributed by atoms with Gasteiger partial charge in [-0.05, 0) is 28.4 Å². The van der Waals surface area contributed by atoms with Crippen LogP contribution in [-0.2, 0) is 0 Å². The molecule has 0 aliphatic carbocycles. The van der Waals surface area contributed by atoms with E-state index < -0.39 is 0 Å². The Labute approximate surface area is 146 Å². The highest BCUT2D eigenvalue weighted by atomic mass is 79.9. The van der Waals surface area contributed by atoms with E-state index in [1.807, 2.05) is 30.0 Å². The number of amides is 1. The molecule has 0 bridgehead atoms. The number of hydrogen-bond acceptors (Lipinski definition) is 5. The Hall–Kier alpha value is -1.18. The van der Waals surface area contributed by atoms with E-state index in [0.717, 1.165) is 56.0 Å². The summed E-state index contributed by atoms with van der Waals surface area (Å²) in [5.74, 6) is 0.809. The van der Waals surface area contributed by atoms with E-state index >= 15 is 0 Å². The molecule has 3 rings (SSSR count). The minimum atomic E-state index is 0.0835. The number of nitrogens with one attached hydrogen (secondary N) is 1. The third-order valence-corrected chi connectivity index (χ3v) is 5.04. The van der Waals surface area contributed by atoms with Crippen LogP contribution in [0, 0.1) is 0 Å². The number of carbonyl (C=O) groups is 1. The number of piperazine rings is 1. The van der Waals surface area contributed by atoms with Crippen LogP contribution in [0.1, 0.15) is 16.8 Å². The minimum absolute atomic E-state index is 0.0835. The van der Waals surface area contributed by atoms with E-state index in [9.17, 15) is 4.79 Å². The summed E-state index contributed by atoms with van der Waals surface area (Å²) in [7, 11) is 3.83. The van der Waals surface area contributed by atoms with Crippen LogP contribution in [0.5, 0.6) is 0 Å². The second-order valence-corrected chi connectivity index (χ2v) is 7.31. The molecular weight excluding hydrogens is 358 g/mol. The van der Waals surface area contributed by atoms with Gasteiger partial charge in [0.05, 0.1) is 5.56 Å². The molecule has 1 aromatic rings. The van der Waals surface area contributed by atoms with Crippen molar-refractivity contribution in [3.63, 3.8) is 0 Å². The summed E-state index contributed by atoms with van der Waals surface area (Å²) in [6, 6.07) is 2.37. The fraction of sp³-hybridized carbons (Fsp3) is 0.625. The molecule has 1 N–H and O–H groups in total. The third-order valence-electron chi connectivity index (χ3n) is 4.61. The zero-order valence-electron chi connectivity index (χ0n) is 13.8. The molecule has 6 nitrogen and oxygen atoms in total. The lowest BCUT2D eigenvalue weighted by molar-refractivity contribution is 0.0773. The maximum Gasteiger partial charge on any atom is 0.257 e. The van der Waals surface area contributed by atoms with Crippen molar-refractivity contribution in [2.45, 2.75) is 12.5 Å². The van der Waals surface area contributed by atoms with E-state index in [2.05, 4.69) is 31.1 Å². The van der Waals surface area contributed by atoms with Crippen molar-refractivity contribution < 1.29 is 4.79 Å². The number of pyridine rings is 1. The molecule has 0 aromatic carbocycles. The second kappa shape index (κ2) is 7.15. The summed E-state index contributed by atoms with van der Waals surface area (Å²) >= 11 is 3.43. The highest BCUT2D eigenvalue weighted by Crippen LogP contribution is 2.24. The predicted molar refractivity (Wildman–Crippen MR) is 95.0 cm³/mol.